The third-order valence-corrected chi connectivity index (χ3v) is 5.09. The average molecular weight is 390 g/mol. The molecule has 0 radical (unpaired) electrons. The number of carboxylic acid groups (broad SMARTS) is 2. The van der Waals surface area contributed by atoms with E-state index in [0.29, 0.717) is 0 Å². The van der Waals surface area contributed by atoms with E-state index in [2.05, 4.69) is 0 Å². The lowest BCUT2D eigenvalue weighted by atomic mass is 10.1. The molecule has 6 nitrogen and oxygen atoms in total. The van der Waals surface area contributed by atoms with Crippen LogP contribution < -0.4 is 0 Å². The predicted octanol–water partition coefficient (Wildman–Crippen LogP) is 2.72. The second-order valence-corrected chi connectivity index (χ2v) is 7.58. The van der Waals surface area contributed by atoms with Crippen molar-refractivity contribution in [2.45, 2.75) is 19.0 Å². The number of carboxylic acids is 2. The smallest absolute Gasteiger partial charge is 0.307 e. The van der Waals surface area contributed by atoms with E-state index < -0.39 is 85.0 Å². The van der Waals surface area contributed by atoms with Gasteiger partial charge in [0.25, 0.3) is 0 Å². The molecule has 12 heteroatoms. The summed E-state index contributed by atoms with van der Waals surface area (Å²) in [6, 6.07) is 0. The first-order chi connectivity index (χ1) is 11.4. The van der Waals surface area contributed by atoms with Gasteiger partial charge in [0.05, 0.1) is 12.1 Å². The molecule has 0 saturated carbocycles. The summed E-state index contributed by atoms with van der Waals surface area (Å²) in [5.41, 5.74) is -1.54. The predicted molar refractivity (Wildman–Crippen MR) is 72.6 cm³/mol. The maximum Gasteiger partial charge on any atom is 0.307 e. The van der Waals surface area contributed by atoms with Crippen LogP contribution in [-0.2, 0) is 20.3 Å². The Kier molecular flexibility index (Phi) is 6.67. The highest BCUT2D eigenvalue weighted by Gasteiger charge is 2.34. The van der Waals surface area contributed by atoms with Crippen molar-refractivity contribution in [3.05, 3.63) is 34.6 Å². The fourth-order valence-electron chi connectivity index (χ4n) is 2.04. The Morgan fingerprint density at radius 2 is 1.36 bits per heavy atom. The van der Waals surface area contributed by atoms with Gasteiger partial charge in [-0.3, -0.25) is 14.2 Å². The standard InChI is InChI=1S/C13H12F5O6P/c14-8-6(9(15)11(17)12(18)10(8)16)4-25(23,24)3-5(13(21)22)1-2-7(19)20/h5H,1-4H2,(H,19,20)(H,21,22)(H,23,24)/t5-/m0/s1. The summed E-state index contributed by atoms with van der Waals surface area (Å²) in [6.45, 7) is 0. The van der Waals surface area contributed by atoms with Crippen LogP contribution in [0.5, 0.6) is 0 Å². The molecule has 1 unspecified atom stereocenters. The molecular weight excluding hydrogens is 378 g/mol. The van der Waals surface area contributed by atoms with Gasteiger partial charge in [0.15, 0.2) is 23.3 Å². The minimum Gasteiger partial charge on any atom is -0.481 e. The summed E-state index contributed by atoms with van der Waals surface area (Å²) >= 11 is 0. The Morgan fingerprint density at radius 3 is 1.76 bits per heavy atom. The van der Waals surface area contributed by atoms with Crippen LogP contribution in [0.4, 0.5) is 22.0 Å². The number of halogens is 5. The number of rotatable bonds is 8. The summed E-state index contributed by atoms with van der Waals surface area (Å²) in [6.07, 6.45) is -3.78. The maximum absolute atomic E-state index is 13.5. The van der Waals surface area contributed by atoms with Crippen LogP contribution in [0.2, 0.25) is 0 Å². The van der Waals surface area contributed by atoms with Crippen LogP contribution in [-0.4, -0.2) is 33.2 Å². The highest BCUT2D eigenvalue weighted by molar-refractivity contribution is 7.57. The molecule has 0 bridgehead atoms. The Balaban J connectivity index is 3.10. The van der Waals surface area contributed by atoms with E-state index >= 15 is 0 Å². The van der Waals surface area contributed by atoms with Gasteiger partial charge in [-0.2, -0.15) is 0 Å². The lowest BCUT2D eigenvalue weighted by molar-refractivity contribution is -0.142. The lowest BCUT2D eigenvalue weighted by Crippen LogP contribution is -2.20. The fraction of sp³-hybridized carbons (Fsp3) is 0.385. The molecule has 0 fully saturated rings. The summed E-state index contributed by atoms with van der Waals surface area (Å²) in [7, 11) is -4.70. The Bertz CT molecular complexity index is 724. The molecule has 0 spiro atoms. The van der Waals surface area contributed by atoms with Crippen molar-refractivity contribution in [3.63, 3.8) is 0 Å². The second kappa shape index (κ2) is 7.92. The van der Waals surface area contributed by atoms with E-state index in [1.54, 1.807) is 0 Å². The van der Waals surface area contributed by atoms with E-state index in [-0.39, 0.29) is 0 Å². The molecule has 1 aromatic rings. The zero-order valence-corrected chi connectivity index (χ0v) is 13.2. The molecule has 0 aliphatic carbocycles. The summed E-state index contributed by atoms with van der Waals surface area (Å²) in [5.74, 6) is -16.3. The average Bonchev–Trinajstić information content (AvgIpc) is 2.51. The highest BCUT2D eigenvalue weighted by Crippen LogP contribution is 2.48. The summed E-state index contributed by atoms with van der Waals surface area (Å²) in [5, 5.41) is 17.4. The van der Waals surface area contributed by atoms with E-state index in [1.165, 1.54) is 0 Å². The maximum atomic E-state index is 13.5. The van der Waals surface area contributed by atoms with Gasteiger partial charge in [-0.25, -0.2) is 22.0 Å². The molecule has 0 aliphatic heterocycles. The van der Waals surface area contributed by atoms with Gasteiger partial charge in [-0.05, 0) is 6.42 Å². The SMILES string of the molecule is O=C(O)CC[C@@H](CP(=O)(O)Cc1c(F)c(F)c(F)c(F)c1F)C(=O)O. The molecule has 0 heterocycles. The van der Waals surface area contributed by atoms with Crippen LogP contribution in [0, 0.1) is 35.0 Å². The molecule has 0 aromatic heterocycles. The van der Waals surface area contributed by atoms with Crippen LogP contribution in [0.1, 0.15) is 18.4 Å². The first-order valence-electron chi connectivity index (χ1n) is 6.63. The highest BCUT2D eigenvalue weighted by atomic mass is 31.2. The molecule has 0 aliphatic rings. The van der Waals surface area contributed by atoms with Gasteiger partial charge < -0.3 is 15.1 Å². The van der Waals surface area contributed by atoms with Gasteiger partial charge in [0, 0.05) is 18.1 Å². The van der Waals surface area contributed by atoms with Crippen LogP contribution in [0.15, 0.2) is 0 Å². The van der Waals surface area contributed by atoms with Crippen LogP contribution in [0.25, 0.3) is 0 Å². The van der Waals surface area contributed by atoms with Crippen molar-refractivity contribution in [1.29, 1.82) is 0 Å². The molecule has 25 heavy (non-hydrogen) atoms. The van der Waals surface area contributed by atoms with Crippen molar-refractivity contribution in [1.82, 2.24) is 0 Å². The van der Waals surface area contributed by atoms with E-state index in [9.17, 15) is 41.0 Å². The molecule has 3 N–H and O–H groups in total. The Hall–Kier alpha value is -2.00. The third kappa shape index (κ3) is 5.23. The molecule has 0 saturated heterocycles. The summed E-state index contributed by atoms with van der Waals surface area (Å²) in [4.78, 5) is 31.1. The quantitative estimate of drug-likeness (QED) is 0.272. The number of hydrogen-bond donors (Lipinski definition) is 3. The zero-order chi connectivity index (χ0) is 19.5. The minimum atomic E-state index is -4.70. The van der Waals surface area contributed by atoms with Crippen molar-refractivity contribution in [2.24, 2.45) is 5.92 Å². The largest absolute Gasteiger partial charge is 0.481 e. The van der Waals surface area contributed by atoms with Gasteiger partial charge in [0.1, 0.15) is 0 Å². The van der Waals surface area contributed by atoms with Crippen molar-refractivity contribution >= 4 is 19.3 Å². The molecule has 1 rings (SSSR count). The molecule has 1 aromatic carbocycles. The van der Waals surface area contributed by atoms with Gasteiger partial charge in [0.2, 0.25) is 13.2 Å². The molecular formula is C13H12F5O6P. The third-order valence-electron chi connectivity index (χ3n) is 3.27. The Labute approximate surface area is 137 Å². The number of carbonyl (C=O) groups is 2. The first kappa shape index (κ1) is 21.0. The van der Waals surface area contributed by atoms with Crippen molar-refractivity contribution in [3.8, 4) is 0 Å². The number of hydrogen-bond acceptors (Lipinski definition) is 3. The fourth-order valence-corrected chi connectivity index (χ4v) is 3.96. The monoisotopic (exact) mass is 390 g/mol. The van der Waals surface area contributed by atoms with Gasteiger partial charge >= 0.3 is 11.9 Å². The van der Waals surface area contributed by atoms with Gasteiger partial charge in [-0.1, -0.05) is 0 Å². The van der Waals surface area contributed by atoms with E-state index in [1.807, 2.05) is 0 Å². The number of benzene rings is 1. The summed E-state index contributed by atoms with van der Waals surface area (Å²) < 4.78 is 78.2. The van der Waals surface area contributed by atoms with E-state index in [0.717, 1.165) is 0 Å². The van der Waals surface area contributed by atoms with Gasteiger partial charge in [-0.15, -0.1) is 0 Å². The number of aliphatic carboxylic acids is 2. The second-order valence-electron chi connectivity index (χ2n) is 5.20. The molecule has 0 amide bonds. The molecule has 2 atom stereocenters. The van der Waals surface area contributed by atoms with Crippen molar-refractivity contribution in [2.75, 3.05) is 6.16 Å². The first-order valence-corrected chi connectivity index (χ1v) is 8.66. The van der Waals surface area contributed by atoms with Crippen LogP contribution >= 0.6 is 7.37 Å². The van der Waals surface area contributed by atoms with E-state index in [4.69, 9.17) is 10.2 Å². The molecule has 140 valence electrons. The van der Waals surface area contributed by atoms with Crippen molar-refractivity contribution < 1.29 is 51.2 Å². The van der Waals surface area contributed by atoms with Crippen LogP contribution in [0.3, 0.4) is 0 Å². The normalized spacial score (nSPS) is 14.8. The Morgan fingerprint density at radius 1 is 0.920 bits per heavy atom. The topological polar surface area (TPSA) is 112 Å². The zero-order valence-electron chi connectivity index (χ0n) is 12.3. The lowest BCUT2D eigenvalue weighted by Gasteiger charge is -2.18. The minimum absolute atomic E-state index is 0.549.